The van der Waals surface area contributed by atoms with Crippen molar-refractivity contribution in [3.63, 3.8) is 0 Å². The minimum Gasteiger partial charge on any atom is -0.481 e. The zero-order chi connectivity index (χ0) is 25.8. The lowest BCUT2D eigenvalue weighted by atomic mass is 10.0. The first-order chi connectivity index (χ1) is 16.0. The Morgan fingerprint density at radius 3 is 2.21 bits per heavy atom. The van der Waals surface area contributed by atoms with E-state index in [4.69, 9.17) is 10.8 Å². The van der Waals surface area contributed by atoms with E-state index in [2.05, 4.69) is 25.9 Å². The summed E-state index contributed by atoms with van der Waals surface area (Å²) in [6, 6.07) is -4.79. The Hall–Kier alpha value is -3.13. The van der Waals surface area contributed by atoms with Crippen LogP contribution in [0.25, 0.3) is 0 Å². The molecule has 0 spiro atoms. The molecule has 14 heteroatoms. The van der Waals surface area contributed by atoms with Gasteiger partial charge in [0.2, 0.25) is 17.7 Å². The van der Waals surface area contributed by atoms with Gasteiger partial charge in [-0.3, -0.25) is 19.2 Å². The molecule has 190 valence electrons. The average Bonchev–Trinajstić information content (AvgIpc) is 3.26. The third-order valence-electron chi connectivity index (χ3n) is 4.82. The van der Waals surface area contributed by atoms with Crippen molar-refractivity contribution >= 4 is 41.4 Å². The molecule has 1 heterocycles. The fourth-order valence-electron chi connectivity index (χ4n) is 2.93. The molecule has 0 aromatic carbocycles. The number of hydrogen-bond donors (Lipinski definition) is 7. The zero-order valence-electron chi connectivity index (χ0n) is 19.2. The maximum absolute atomic E-state index is 13.0. The summed E-state index contributed by atoms with van der Waals surface area (Å²) in [4.78, 5) is 67.2. The maximum Gasteiger partial charge on any atom is 0.326 e. The number of carboxylic acids is 2. The molecule has 1 rings (SSSR count). The lowest BCUT2D eigenvalue weighted by Crippen LogP contribution is -2.59. The molecule has 34 heavy (non-hydrogen) atoms. The normalized spacial score (nSPS) is 14.5. The van der Waals surface area contributed by atoms with Gasteiger partial charge in [-0.15, -0.1) is 0 Å². The highest BCUT2D eigenvalue weighted by atomic mass is 32.2. The van der Waals surface area contributed by atoms with E-state index in [9.17, 15) is 29.1 Å². The van der Waals surface area contributed by atoms with Crippen LogP contribution in [0, 0.1) is 5.92 Å². The van der Waals surface area contributed by atoms with Gasteiger partial charge in [0.1, 0.15) is 18.1 Å². The first-order valence-corrected chi connectivity index (χ1v) is 11.9. The number of carbonyl (C=O) groups is 5. The monoisotopic (exact) mass is 500 g/mol. The lowest BCUT2D eigenvalue weighted by Gasteiger charge is -2.26. The van der Waals surface area contributed by atoms with E-state index in [1.165, 1.54) is 24.3 Å². The van der Waals surface area contributed by atoms with E-state index in [-0.39, 0.29) is 12.8 Å². The molecule has 0 aliphatic heterocycles. The number of hydrogen-bond acceptors (Lipinski definition) is 8. The highest BCUT2D eigenvalue weighted by Crippen LogP contribution is 2.07. The van der Waals surface area contributed by atoms with Crippen LogP contribution in [0.3, 0.4) is 0 Å². The molecule has 4 atom stereocenters. The van der Waals surface area contributed by atoms with Crippen LogP contribution in [-0.2, 0) is 30.4 Å². The summed E-state index contributed by atoms with van der Waals surface area (Å²) < 4.78 is 0. The average molecular weight is 501 g/mol. The van der Waals surface area contributed by atoms with Crippen LogP contribution in [0.1, 0.15) is 32.4 Å². The first kappa shape index (κ1) is 28.9. The van der Waals surface area contributed by atoms with Crippen molar-refractivity contribution in [1.82, 2.24) is 25.9 Å². The zero-order valence-corrected chi connectivity index (χ0v) is 20.1. The number of thioether (sulfide) groups is 1. The minimum atomic E-state index is -1.36. The number of nitrogens with two attached hydrogens (primary N) is 1. The molecular formula is C20H32N6O7S. The standard InChI is InChI=1S/C20H32N6O7S/c1-10(2)16(26-17(29)12(21)7-15(27)28)19(31)25-14(6-11-8-22-9-23-11)18(30)24-13(20(32)33)4-5-34-3/h8-10,12-14,16H,4-7,21H2,1-3H3,(H,22,23)(H,24,30)(H,25,31)(H,26,29)(H,27,28)(H,32,33). The molecule has 1 aromatic rings. The number of aromatic nitrogens is 2. The Morgan fingerprint density at radius 1 is 1.06 bits per heavy atom. The molecule has 0 saturated carbocycles. The number of aliphatic carboxylic acids is 2. The van der Waals surface area contributed by atoms with Crippen LogP contribution in [-0.4, -0.2) is 86.0 Å². The molecule has 0 aliphatic rings. The third-order valence-corrected chi connectivity index (χ3v) is 5.46. The summed E-state index contributed by atoms with van der Waals surface area (Å²) >= 11 is 1.43. The second-order valence-corrected chi connectivity index (χ2v) is 8.94. The van der Waals surface area contributed by atoms with Crippen molar-refractivity contribution < 1.29 is 34.2 Å². The Kier molecular flexibility index (Phi) is 12.1. The number of H-pyrrole nitrogens is 1. The van der Waals surface area contributed by atoms with E-state index in [1.54, 1.807) is 13.8 Å². The Morgan fingerprint density at radius 2 is 1.71 bits per heavy atom. The number of amides is 3. The molecule has 1 aromatic heterocycles. The predicted molar refractivity (Wildman–Crippen MR) is 124 cm³/mol. The van der Waals surface area contributed by atoms with E-state index < -0.39 is 66.2 Å². The molecule has 0 fully saturated rings. The number of carbonyl (C=O) groups excluding carboxylic acids is 3. The maximum atomic E-state index is 13.0. The molecule has 3 amide bonds. The fourth-order valence-corrected chi connectivity index (χ4v) is 3.40. The largest absolute Gasteiger partial charge is 0.481 e. The molecule has 0 bridgehead atoms. The van der Waals surface area contributed by atoms with Gasteiger partial charge in [-0.2, -0.15) is 11.8 Å². The Bertz CT molecular complexity index is 848. The second-order valence-electron chi connectivity index (χ2n) is 7.96. The predicted octanol–water partition coefficient (Wildman–Crippen LogP) is -1.30. The highest BCUT2D eigenvalue weighted by Gasteiger charge is 2.32. The van der Waals surface area contributed by atoms with Gasteiger partial charge in [0, 0.05) is 18.3 Å². The lowest BCUT2D eigenvalue weighted by molar-refractivity contribution is -0.142. The summed E-state index contributed by atoms with van der Waals surface area (Å²) in [6.07, 6.45) is 4.23. The number of nitrogens with one attached hydrogen (secondary N) is 4. The fraction of sp³-hybridized carbons (Fsp3) is 0.600. The summed E-state index contributed by atoms with van der Waals surface area (Å²) in [5.41, 5.74) is 6.09. The van der Waals surface area contributed by atoms with Gasteiger partial charge in [0.15, 0.2) is 0 Å². The topological polar surface area (TPSA) is 217 Å². The minimum absolute atomic E-state index is 0.0102. The Labute approximate surface area is 201 Å². The molecule has 0 aliphatic carbocycles. The smallest absolute Gasteiger partial charge is 0.326 e. The molecule has 4 unspecified atom stereocenters. The van der Waals surface area contributed by atoms with Crippen LogP contribution in [0.4, 0.5) is 0 Å². The van der Waals surface area contributed by atoms with Gasteiger partial charge in [0.25, 0.3) is 0 Å². The van der Waals surface area contributed by atoms with Crippen LogP contribution in [0.5, 0.6) is 0 Å². The van der Waals surface area contributed by atoms with Gasteiger partial charge in [-0.05, 0) is 24.3 Å². The van der Waals surface area contributed by atoms with Gasteiger partial charge in [-0.1, -0.05) is 13.8 Å². The van der Waals surface area contributed by atoms with Gasteiger partial charge < -0.3 is 36.9 Å². The Balaban J connectivity index is 3.01. The molecular weight excluding hydrogens is 468 g/mol. The number of imidazole rings is 1. The van der Waals surface area contributed by atoms with Gasteiger partial charge in [-0.25, -0.2) is 9.78 Å². The number of aromatic amines is 1. The van der Waals surface area contributed by atoms with Crippen LogP contribution < -0.4 is 21.7 Å². The van der Waals surface area contributed by atoms with E-state index in [0.29, 0.717) is 11.4 Å². The van der Waals surface area contributed by atoms with Crippen LogP contribution >= 0.6 is 11.8 Å². The van der Waals surface area contributed by atoms with Crippen molar-refractivity contribution in [2.45, 2.75) is 57.3 Å². The number of nitrogens with zero attached hydrogens (tertiary/aromatic N) is 1. The van der Waals surface area contributed by atoms with Gasteiger partial charge in [0.05, 0.1) is 18.8 Å². The SMILES string of the molecule is CSCCC(NC(=O)C(Cc1cnc[nH]1)NC(=O)C(NC(=O)C(N)CC(=O)O)C(C)C)C(=O)O. The molecule has 13 nitrogen and oxygen atoms in total. The van der Waals surface area contributed by atoms with Crippen LogP contribution in [0.15, 0.2) is 12.5 Å². The number of carboxylic acid groups (broad SMARTS) is 2. The number of rotatable bonds is 15. The first-order valence-electron chi connectivity index (χ1n) is 10.5. The van der Waals surface area contributed by atoms with E-state index in [0.717, 1.165) is 0 Å². The molecule has 8 N–H and O–H groups in total. The quantitative estimate of drug-likeness (QED) is 0.151. The molecule has 0 saturated heterocycles. The van der Waals surface area contributed by atoms with Crippen molar-refractivity contribution in [2.24, 2.45) is 11.7 Å². The third kappa shape index (κ3) is 9.79. The van der Waals surface area contributed by atoms with E-state index in [1.807, 2.05) is 6.26 Å². The van der Waals surface area contributed by atoms with Crippen molar-refractivity contribution in [1.29, 1.82) is 0 Å². The van der Waals surface area contributed by atoms with Crippen molar-refractivity contribution in [3.05, 3.63) is 18.2 Å². The second kappa shape index (κ2) is 14.2. The summed E-state index contributed by atoms with van der Waals surface area (Å²) in [5, 5.41) is 25.7. The summed E-state index contributed by atoms with van der Waals surface area (Å²) in [7, 11) is 0. The van der Waals surface area contributed by atoms with Crippen molar-refractivity contribution in [3.8, 4) is 0 Å². The van der Waals surface area contributed by atoms with Gasteiger partial charge >= 0.3 is 11.9 Å². The van der Waals surface area contributed by atoms with Crippen molar-refractivity contribution in [2.75, 3.05) is 12.0 Å². The summed E-state index contributed by atoms with van der Waals surface area (Å²) in [6.45, 7) is 3.31. The summed E-state index contributed by atoms with van der Waals surface area (Å²) in [5.74, 6) is -4.63. The molecule has 0 radical (unpaired) electrons. The van der Waals surface area contributed by atoms with E-state index >= 15 is 0 Å². The van der Waals surface area contributed by atoms with Crippen LogP contribution in [0.2, 0.25) is 0 Å². The highest BCUT2D eigenvalue weighted by molar-refractivity contribution is 7.98.